The number of benzene rings is 1. The highest BCUT2D eigenvalue weighted by Gasteiger charge is 2.21. The maximum atomic E-state index is 3.65. The van der Waals surface area contributed by atoms with Gasteiger partial charge in [-0.3, -0.25) is 0 Å². The van der Waals surface area contributed by atoms with Crippen molar-refractivity contribution in [3.63, 3.8) is 0 Å². The molecule has 15 heavy (non-hydrogen) atoms. The van der Waals surface area contributed by atoms with Crippen molar-refractivity contribution >= 4 is 11.4 Å². The van der Waals surface area contributed by atoms with Crippen LogP contribution in [0, 0.1) is 12.8 Å². The van der Waals surface area contributed by atoms with E-state index in [9.17, 15) is 0 Å². The maximum absolute atomic E-state index is 3.65. The first-order valence-electron chi connectivity index (χ1n) is 5.82. The molecule has 2 nitrogen and oxygen atoms in total. The SMILES string of the molecule is CCC(C)C1CNc2cccc(C)c2N1. The molecule has 1 heterocycles. The highest BCUT2D eigenvalue weighted by Crippen LogP contribution is 2.31. The fourth-order valence-electron chi connectivity index (χ4n) is 2.09. The number of fused-ring (bicyclic) bond motifs is 1. The molecule has 2 heteroatoms. The second-order valence-electron chi connectivity index (χ2n) is 4.51. The third-order valence-electron chi connectivity index (χ3n) is 3.45. The topological polar surface area (TPSA) is 24.1 Å². The van der Waals surface area contributed by atoms with Gasteiger partial charge in [0.1, 0.15) is 0 Å². The van der Waals surface area contributed by atoms with Gasteiger partial charge in [0.2, 0.25) is 0 Å². The average Bonchev–Trinajstić information content (AvgIpc) is 2.28. The summed E-state index contributed by atoms with van der Waals surface area (Å²) in [5.41, 5.74) is 3.86. The maximum Gasteiger partial charge on any atom is 0.0608 e. The van der Waals surface area contributed by atoms with Gasteiger partial charge >= 0.3 is 0 Å². The molecule has 0 amide bonds. The number of hydrogen-bond acceptors (Lipinski definition) is 2. The number of rotatable bonds is 2. The van der Waals surface area contributed by atoms with Gasteiger partial charge in [0, 0.05) is 12.6 Å². The zero-order chi connectivity index (χ0) is 10.8. The summed E-state index contributed by atoms with van der Waals surface area (Å²) >= 11 is 0. The molecule has 0 aliphatic carbocycles. The Labute approximate surface area is 92.1 Å². The van der Waals surface area contributed by atoms with Crippen LogP contribution in [0.5, 0.6) is 0 Å². The van der Waals surface area contributed by atoms with Gasteiger partial charge < -0.3 is 10.6 Å². The molecule has 0 radical (unpaired) electrons. The second kappa shape index (κ2) is 4.13. The van der Waals surface area contributed by atoms with E-state index in [1.807, 2.05) is 0 Å². The van der Waals surface area contributed by atoms with Gasteiger partial charge in [0.25, 0.3) is 0 Å². The Balaban J connectivity index is 2.22. The Morgan fingerprint density at radius 1 is 1.47 bits per heavy atom. The van der Waals surface area contributed by atoms with Crippen molar-refractivity contribution in [1.82, 2.24) is 0 Å². The van der Waals surface area contributed by atoms with Crippen LogP contribution >= 0.6 is 0 Å². The number of aryl methyl sites for hydroxylation is 1. The highest BCUT2D eigenvalue weighted by atomic mass is 15.1. The molecule has 82 valence electrons. The highest BCUT2D eigenvalue weighted by molar-refractivity contribution is 5.74. The normalized spacial score (nSPS) is 21.1. The molecule has 0 spiro atoms. The van der Waals surface area contributed by atoms with Gasteiger partial charge in [-0.2, -0.15) is 0 Å². The Morgan fingerprint density at radius 2 is 2.27 bits per heavy atom. The molecule has 2 rings (SSSR count). The van der Waals surface area contributed by atoms with Gasteiger partial charge in [0.05, 0.1) is 11.4 Å². The third kappa shape index (κ3) is 1.94. The van der Waals surface area contributed by atoms with Crippen LogP contribution < -0.4 is 10.6 Å². The van der Waals surface area contributed by atoms with Crippen molar-refractivity contribution in [2.75, 3.05) is 17.2 Å². The molecule has 0 saturated carbocycles. The van der Waals surface area contributed by atoms with Crippen molar-refractivity contribution in [1.29, 1.82) is 0 Å². The lowest BCUT2D eigenvalue weighted by Crippen LogP contribution is -2.38. The lowest BCUT2D eigenvalue weighted by molar-refractivity contribution is 0.477. The summed E-state index contributed by atoms with van der Waals surface area (Å²) in [5.74, 6) is 0.713. The molecule has 1 aliphatic rings. The number of para-hydroxylation sites is 1. The molecule has 1 aliphatic heterocycles. The van der Waals surface area contributed by atoms with E-state index in [1.165, 1.54) is 23.4 Å². The van der Waals surface area contributed by atoms with Gasteiger partial charge in [0.15, 0.2) is 0 Å². The summed E-state index contributed by atoms with van der Waals surface area (Å²) in [6.45, 7) is 7.75. The molecule has 0 saturated heterocycles. The number of anilines is 2. The number of nitrogens with one attached hydrogen (secondary N) is 2. The molecule has 0 aromatic heterocycles. The van der Waals surface area contributed by atoms with Crippen LogP contribution in [0.25, 0.3) is 0 Å². The minimum atomic E-state index is 0.559. The summed E-state index contributed by atoms with van der Waals surface area (Å²) in [5, 5.41) is 7.16. The van der Waals surface area contributed by atoms with E-state index in [0.29, 0.717) is 12.0 Å². The summed E-state index contributed by atoms with van der Waals surface area (Å²) in [6.07, 6.45) is 1.22. The minimum Gasteiger partial charge on any atom is -0.381 e. The fraction of sp³-hybridized carbons (Fsp3) is 0.538. The quantitative estimate of drug-likeness (QED) is 0.772. The molecular weight excluding hydrogens is 184 g/mol. The second-order valence-corrected chi connectivity index (χ2v) is 4.51. The molecule has 0 fully saturated rings. The Hall–Kier alpha value is -1.18. The molecular formula is C13H20N2. The van der Waals surface area contributed by atoms with Crippen LogP contribution in [0.15, 0.2) is 18.2 Å². The van der Waals surface area contributed by atoms with Crippen LogP contribution in [0.3, 0.4) is 0 Å². The summed E-state index contributed by atoms with van der Waals surface area (Å²) in [6, 6.07) is 6.96. The van der Waals surface area contributed by atoms with Gasteiger partial charge in [-0.1, -0.05) is 32.4 Å². The van der Waals surface area contributed by atoms with Gasteiger partial charge in [-0.25, -0.2) is 0 Å². The van der Waals surface area contributed by atoms with Crippen LogP contribution in [0.1, 0.15) is 25.8 Å². The van der Waals surface area contributed by atoms with Crippen LogP contribution in [-0.2, 0) is 0 Å². The fourth-order valence-corrected chi connectivity index (χ4v) is 2.09. The molecule has 1 aromatic carbocycles. The van der Waals surface area contributed by atoms with Gasteiger partial charge in [-0.05, 0) is 24.5 Å². The van der Waals surface area contributed by atoms with Crippen molar-refractivity contribution in [2.24, 2.45) is 5.92 Å². The summed E-state index contributed by atoms with van der Waals surface area (Å²) < 4.78 is 0. The predicted molar refractivity (Wildman–Crippen MR) is 66.5 cm³/mol. The van der Waals surface area contributed by atoms with Crippen LogP contribution in [0.4, 0.5) is 11.4 Å². The van der Waals surface area contributed by atoms with E-state index >= 15 is 0 Å². The predicted octanol–water partition coefficient (Wildman–Crippen LogP) is 3.25. The average molecular weight is 204 g/mol. The first-order valence-corrected chi connectivity index (χ1v) is 5.82. The van der Waals surface area contributed by atoms with E-state index in [-0.39, 0.29) is 0 Å². The smallest absolute Gasteiger partial charge is 0.0608 e. The molecule has 2 atom stereocenters. The van der Waals surface area contributed by atoms with Crippen molar-refractivity contribution in [3.05, 3.63) is 23.8 Å². The molecule has 2 unspecified atom stereocenters. The minimum absolute atomic E-state index is 0.559. The van der Waals surface area contributed by atoms with Crippen molar-refractivity contribution in [3.8, 4) is 0 Å². The monoisotopic (exact) mass is 204 g/mol. The van der Waals surface area contributed by atoms with E-state index in [2.05, 4.69) is 49.6 Å². The van der Waals surface area contributed by atoms with Crippen molar-refractivity contribution < 1.29 is 0 Å². The zero-order valence-electron chi connectivity index (χ0n) is 9.80. The van der Waals surface area contributed by atoms with E-state index < -0.39 is 0 Å². The first-order chi connectivity index (χ1) is 7.22. The summed E-state index contributed by atoms with van der Waals surface area (Å²) in [4.78, 5) is 0. The van der Waals surface area contributed by atoms with E-state index in [0.717, 1.165) is 6.54 Å². The number of hydrogen-bond donors (Lipinski definition) is 2. The van der Waals surface area contributed by atoms with E-state index in [1.54, 1.807) is 0 Å². The largest absolute Gasteiger partial charge is 0.381 e. The van der Waals surface area contributed by atoms with Crippen LogP contribution in [0.2, 0.25) is 0 Å². The first kappa shape index (κ1) is 10.3. The van der Waals surface area contributed by atoms with Crippen molar-refractivity contribution in [2.45, 2.75) is 33.2 Å². The lowest BCUT2D eigenvalue weighted by atomic mass is 9.96. The van der Waals surface area contributed by atoms with E-state index in [4.69, 9.17) is 0 Å². The molecule has 1 aromatic rings. The van der Waals surface area contributed by atoms with Gasteiger partial charge in [-0.15, -0.1) is 0 Å². The Morgan fingerprint density at radius 3 is 3.00 bits per heavy atom. The standard InChI is InChI=1S/C13H20N2/c1-4-9(2)12-8-14-11-7-5-6-10(3)13(11)15-12/h5-7,9,12,14-15H,4,8H2,1-3H3. The summed E-state index contributed by atoms with van der Waals surface area (Å²) in [7, 11) is 0. The zero-order valence-corrected chi connectivity index (χ0v) is 9.80. The van der Waals surface area contributed by atoms with Crippen LogP contribution in [-0.4, -0.2) is 12.6 Å². The molecule has 0 bridgehead atoms. The Kier molecular flexibility index (Phi) is 2.85. The Bertz CT molecular complexity index is 346. The molecule has 2 N–H and O–H groups in total. The lowest BCUT2D eigenvalue weighted by Gasteiger charge is -2.33. The third-order valence-corrected chi connectivity index (χ3v) is 3.45.